The third kappa shape index (κ3) is 10.2. The van der Waals surface area contributed by atoms with Crippen molar-refractivity contribution in [3.8, 4) is 22.5 Å². The van der Waals surface area contributed by atoms with E-state index in [2.05, 4.69) is 85.0 Å². The maximum Gasteiger partial charge on any atom is 0.295 e. The second-order valence-corrected chi connectivity index (χ2v) is 28.3. The molecule has 0 saturated heterocycles. The molecule has 2 aliphatic rings. The van der Waals surface area contributed by atoms with Gasteiger partial charge in [-0.25, -0.2) is 27.7 Å². The van der Waals surface area contributed by atoms with E-state index in [9.17, 15) is 21.4 Å². The SMILES string of the molecule is CCN(CC)c1ccc2c(-c3ccc(S(=O)(=O)NCc4cnc(SC[Si](C)(C)O[Si](C)(C)CC)nc4)cc3S(=O)(=O)O)c3ccc(=[N+](CC)CC)cc-3oc2c1. The van der Waals surface area contributed by atoms with Crippen LogP contribution in [0.25, 0.3) is 33.4 Å². The zero-order valence-corrected chi connectivity index (χ0v) is 38.2. The molecule has 3 aromatic rings. The van der Waals surface area contributed by atoms with Gasteiger partial charge in [-0.1, -0.05) is 24.8 Å². The molecular formula is C39H54N5O7S3Si2+. The lowest BCUT2D eigenvalue weighted by Gasteiger charge is -2.32. The Labute approximate surface area is 337 Å². The van der Waals surface area contributed by atoms with E-state index in [1.54, 1.807) is 12.4 Å². The second kappa shape index (κ2) is 17.6. The molecule has 17 heteroatoms. The normalized spacial score (nSPS) is 12.8. The lowest BCUT2D eigenvalue weighted by Crippen LogP contribution is -2.46. The number of nitrogens with zero attached hydrogens (tertiary/aromatic N) is 4. The Morgan fingerprint density at radius 3 is 2.12 bits per heavy atom. The molecule has 2 aromatic carbocycles. The molecule has 12 nitrogen and oxygen atoms in total. The first-order chi connectivity index (χ1) is 26.3. The Morgan fingerprint density at radius 2 is 1.52 bits per heavy atom. The number of anilines is 1. The van der Waals surface area contributed by atoms with Crippen molar-refractivity contribution >= 4 is 65.2 Å². The minimum Gasteiger partial charge on any atom is -0.456 e. The maximum absolute atomic E-state index is 13.6. The van der Waals surface area contributed by atoms with Crippen molar-refractivity contribution < 1.29 is 29.9 Å². The van der Waals surface area contributed by atoms with Crippen molar-refractivity contribution in [2.75, 3.05) is 36.5 Å². The Hall–Kier alpha value is -3.43. The number of hydrogen-bond donors (Lipinski definition) is 2. The summed E-state index contributed by atoms with van der Waals surface area (Å²) in [5, 5.41) is 2.91. The highest BCUT2D eigenvalue weighted by Crippen LogP contribution is 2.43. The van der Waals surface area contributed by atoms with Crippen LogP contribution < -0.4 is 19.6 Å². The summed E-state index contributed by atoms with van der Waals surface area (Å²) in [7, 11) is -12.8. The van der Waals surface area contributed by atoms with Crippen LogP contribution in [0.3, 0.4) is 0 Å². The number of sulfonamides is 1. The van der Waals surface area contributed by atoms with Crippen molar-refractivity contribution in [3.63, 3.8) is 0 Å². The van der Waals surface area contributed by atoms with Gasteiger partial charge in [-0.05, 0) is 90.3 Å². The third-order valence-corrected chi connectivity index (χ3v) is 22.1. The van der Waals surface area contributed by atoms with Gasteiger partial charge in [0.2, 0.25) is 15.4 Å². The van der Waals surface area contributed by atoms with Crippen LogP contribution in [0, 0.1) is 0 Å². The van der Waals surface area contributed by atoms with Crippen molar-refractivity contribution in [3.05, 3.63) is 77.9 Å². The van der Waals surface area contributed by atoms with E-state index in [0.29, 0.717) is 38.6 Å². The van der Waals surface area contributed by atoms with Gasteiger partial charge in [-0.3, -0.25) is 4.55 Å². The summed E-state index contributed by atoms with van der Waals surface area (Å²) in [5.41, 5.74) is 3.21. The molecule has 0 radical (unpaired) electrons. The van der Waals surface area contributed by atoms with Crippen molar-refractivity contribution in [2.45, 2.75) is 88.3 Å². The minimum atomic E-state index is -4.93. The van der Waals surface area contributed by atoms with Crippen LogP contribution in [0.15, 0.2) is 86.4 Å². The number of benzene rings is 3. The highest BCUT2D eigenvalue weighted by atomic mass is 32.2. The Kier molecular flexibility index (Phi) is 13.7. The van der Waals surface area contributed by atoms with Gasteiger partial charge in [0.15, 0.2) is 21.8 Å². The average Bonchev–Trinajstić information content (AvgIpc) is 3.15. The predicted octanol–water partition coefficient (Wildman–Crippen LogP) is 7.46. The van der Waals surface area contributed by atoms with E-state index in [1.165, 1.54) is 23.9 Å². The van der Waals surface area contributed by atoms with Gasteiger partial charge in [0.1, 0.15) is 29.3 Å². The maximum atomic E-state index is 13.6. The summed E-state index contributed by atoms with van der Waals surface area (Å²) in [6, 6.07) is 16.3. The van der Waals surface area contributed by atoms with Gasteiger partial charge in [0.25, 0.3) is 10.1 Å². The lowest BCUT2D eigenvalue weighted by atomic mass is 9.93. The molecule has 2 heterocycles. The van der Waals surface area contributed by atoms with Crippen molar-refractivity contribution in [1.82, 2.24) is 19.3 Å². The molecule has 0 saturated carbocycles. The number of aromatic nitrogens is 2. The average molecular weight is 857 g/mol. The van der Waals surface area contributed by atoms with Crippen LogP contribution in [0.4, 0.5) is 5.69 Å². The van der Waals surface area contributed by atoms with E-state index in [1.807, 2.05) is 36.4 Å². The fourth-order valence-corrected chi connectivity index (χ4v) is 18.0. The van der Waals surface area contributed by atoms with Gasteiger partial charge in [0.05, 0.1) is 11.0 Å². The molecule has 5 rings (SSSR count). The first kappa shape index (κ1) is 43.7. The van der Waals surface area contributed by atoms with Crippen LogP contribution in [-0.4, -0.2) is 79.5 Å². The Bertz CT molecular complexity index is 2450. The molecule has 0 amide bonds. The number of hydrogen-bond acceptors (Lipinski definition) is 10. The molecule has 2 N–H and O–H groups in total. The van der Waals surface area contributed by atoms with Gasteiger partial charge in [-0.2, -0.15) is 8.42 Å². The van der Waals surface area contributed by atoms with Crippen molar-refractivity contribution in [1.29, 1.82) is 0 Å². The highest BCUT2D eigenvalue weighted by molar-refractivity contribution is 8.00. The Morgan fingerprint density at radius 1 is 0.857 bits per heavy atom. The fraction of sp³-hybridized carbons (Fsp3) is 0.410. The first-order valence-electron chi connectivity index (χ1n) is 18.9. The van der Waals surface area contributed by atoms with Gasteiger partial charge in [-0.15, -0.1) is 0 Å². The van der Waals surface area contributed by atoms with E-state index in [0.717, 1.165) is 54.7 Å². The van der Waals surface area contributed by atoms with Gasteiger partial charge < -0.3 is 13.4 Å². The Balaban J connectivity index is 1.51. The monoisotopic (exact) mass is 856 g/mol. The summed E-state index contributed by atoms with van der Waals surface area (Å²) >= 11 is 1.53. The van der Waals surface area contributed by atoms with Crippen LogP contribution in [0.1, 0.15) is 40.2 Å². The number of nitrogens with one attached hydrogen (secondary N) is 1. The molecule has 302 valence electrons. The van der Waals surface area contributed by atoms with Crippen LogP contribution in [-0.2, 0) is 30.8 Å². The number of thioether (sulfide) groups is 1. The molecule has 0 unspecified atom stereocenters. The molecule has 56 heavy (non-hydrogen) atoms. The first-order valence-corrected chi connectivity index (χ1v) is 29.1. The smallest absolute Gasteiger partial charge is 0.295 e. The van der Waals surface area contributed by atoms with Crippen LogP contribution in [0.2, 0.25) is 32.2 Å². The third-order valence-electron chi connectivity index (χ3n) is 9.86. The molecule has 1 aromatic heterocycles. The van der Waals surface area contributed by atoms with Crippen LogP contribution >= 0.6 is 11.8 Å². The summed E-state index contributed by atoms with van der Waals surface area (Å²) in [4.78, 5) is 10.2. The quantitative estimate of drug-likeness (QED) is 0.0239. The van der Waals surface area contributed by atoms with E-state index in [-0.39, 0.29) is 17.0 Å². The standard InChI is InChI=1S/C39H53N5O7S3Si2/c1-10-43(11-2)29-15-18-32-35(21-29)50-36-22-30(44(12-3)13-4)16-19-33(36)38(32)34-20-17-31(23-37(34)54(47,48)49)53(45,46)42-26-28-24-40-39(41-25-28)52-27-56(8,9)51-55(6,7)14-5/h15-25,42H,10-14,26-27H2,1-9H3/p+1. The largest absolute Gasteiger partial charge is 0.456 e. The zero-order valence-electron chi connectivity index (χ0n) is 33.7. The minimum absolute atomic E-state index is 0.130. The summed E-state index contributed by atoms with van der Waals surface area (Å²) < 4.78 is 81.9. The summed E-state index contributed by atoms with van der Waals surface area (Å²) in [6.45, 7) is 22.2. The fourth-order valence-electron chi connectivity index (χ4n) is 6.68. The van der Waals surface area contributed by atoms with Gasteiger partial charge >= 0.3 is 0 Å². The summed E-state index contributed by atoms with van der Waals surface area (Å²) in [6.07, 6.45) is 3.14. The predicted molar refractivity (Wildman–Crippen MR) is 231 cm³/mol. The van der Waals surface area contributed by atoms with Crippen LogP contribution in [0.5, 0.6) is 0 Å². The summed E-state index contributed by atoms with van der Waals surface area (Å²) in [5.74, 6) is 0.515. The molecule has 0 bridgehead atoms. The molecule has 0 fully saturated rings. The molecular weight excluding hydrogens is 803 g/mol. The topological polar surface area (TPSA) is 155 Å². The van der Waals surface area contributed by atoms with Gasteiger partial charge in [0, 0.05) is 82.9 Å². The number of fused-ring (bicyclic) bond motifs is 2. The van der Waals surface area contributed by atoms with E-state index in [4.69, 9.17) is 8.53 Å². The van der Waals surface area contributed by atoms with Crippen molar-refractivity contribution in [2.24, 2.45) is 0 Å². The van der Waals surface area contributed by atoms with E-state index >= 15 is 0 Å². The molecule has 1 aliphatic carbocycles. The number of rotatable bonds is 17. The molecule has 1 aliphatic heterocycles. The van der Waals surface area contributed by atoms with E-state index < -0.39 is 41.7 Å². The molecule has 0 spiro atoms. The zero-order chi connectivity index (χ0) is 41.1. The lowest BCUT2D eigenvalue weighted by molar-refractivity contribution is 0.483. The second-order valence-electron chi connectivity index (χ2n) is 14.8. The highest BCUT2D eigenvalue weighted by Gasteiger charge is 2.32. The molecule has 0 atom stereocenters.